The van der Waals surface area contributed by atoms with Crippen molar-refractivity contribution < 1.29 is 13.9 Å². The highest BCUT2D eigenvalue weighted by atomic mass is 35.5. The fraction of sp³-hybridized carbons (Fsp3) is 0.444. The van der Waals surface area contributed by atoms with Crippen LogP contribution in [0.25, 0.3) is 0 Å². The van der Waals surface area contributed by atoms with Crippen molar-refractivity contribution in [2.24, 2.45) is 0 Å². The summed E-state index contributed by atoms with van der Waals surface area (Å²) in [5.74, 6) is 1.75. The molecule has 9 heteroatoms. The van der Waals surface area contributed by atoms with Crippen LogP contribution in [-0.2, 0) is 17.8 Å². The number of halogens is 5. The van der Waals surface area contributed by atoms with Crippen molar-refractivity contribution in [2.75, 3.05) is 32.8 Å². The van der Waals surface area contributed by atoms with Gasteiger partial charge in [0, 0.05) is 19.5 Å². The molecule has 0 aliphatic carbocycles. The van der Waals surface area contributed by atoms with Crippen LogP contribution < -0.4 is 4.74 Å². The number of benzene rings is 1. The molecule has 1 aliphatic heterocycles. The summed E-state index contributed by atoms with van der Waals surface area (Å²) in [5.41, 5.74) is 0. The zero-order valence-electron chi connectivity index (χ0n) is 14.4. The lowest BCUT2D eigenvalue weighted by molar-refractivity contribution is 0.0373. The van der Waals surface area contributed by atoms with Crippen LogP contribution in [0.2, 0.25) is 25.1 Å². The van der Waals surface area contributed by atoms with Gasteiger partial charge in [-0.3, -0.25) is 4.90 Å². The third-order valence-electron chi connectivity index (χ3n) is 4.25. The van der Waals surface area contributed by atoms with Crippen LogP contribution in [0.15, 0.2) is 16.5 Å². The number of ether oxygens (including phenoxy) is 2. The second-order valence-electron chi connectivity index (χ2n) is 6.11. The smallest absolute Gasteiger partial charge is 0.160 e. The minimum absolute atomic E-state index is 0.0984. The van der Waals surface area contributed by atoms with E-state index in [0.717, 1.165) is 51.4 Å². The molecule has 1 aromatic carbocycles. The standard InChI is InChI=1S/C18H18Cl5NO3/c19-13-14(20)16(22)18(17(23)15(13)21)26-10-12-4-3-11(27-12)2-1-5-24-6-8-25-9-7-24/h3-4H,1-2,5-10H2. The summed E-state index contributed by atoms with van der Waals surface area (Å²) in [7, 11) is 0. The first-order valence-corrected chi connectivity index (χ1v) is 10.4. The van der Waals surface area contributed by atoms with Gasteiger partial charge in [0.25, 0.3) is 0 Å². The monoisotopic (exact) mass is 471 g/mol. The van der Waals surface area contributed by atoms with E-state index >= 15 is 0 Å². The van der Waals surface area contributed by atoms with Crippen molar-refractivity contribution >= 4 is 58.0 Å². The molecular formula is C18H18Cl5NO3. The molecule has 0 N–H and O–H groups in total. The van der Waals surface area contributed by atoms with Crippen molar-refractivity contribution in [2.45, 2.75) is 19.4 Å². The van der Waals surface area contributed by atoms with Gasteiger partial charge >= 0.3 is 0 Å². The van der Waals surface area contributed by atoms with Crippen LogP contribution in [0.5, 0.6) is 5.75 Å². The molecule has 1 aromatic heterocycles. The van der Waals surface area contributed by atoms with Gasteiger partial charge in [0.05, 0.1) is 28.3 Å². The first-order chi connectivity index (χ1) is 13.0. The molecule has 1 fully saturated rings. The topological polar surface area (TPSA) is 34.8 Å². The maximum atomic E-state index is 6.16. The van der Waals surface area contributed by atoms with Gasteiger partial charge in [-0.1, -0.05) is 58.0 Å². The molecule has 27 heavy (non-hydrogen) atoms. The third-order valence-corrected chi connectivity index (χ3v) is 6.49. The second-order valence-corrected chi connectivity index (χ2v) is 8.00. The number of morpholine rings is 1. The van der Waals surface area contributed by atoms with Crippen LogP contribution in [0.3, 0.4) is 0 Å². The summed E-state index contributed by atoms with van der Waals surface area (Å²) >= 11 is 30.4. The number of furan rings is 1. The Labute approximate surface area is 183 Å². The normalized spacial score (nSPS) is 15.3. The van der Waals surface area contributed by atoms with E-state index in [9.17, 15) is 0 Å². The second kappa shape index (κ2) is 9.93. The molecule has 0 amide bonds. The molecule has 0 bridgehead atoms. The zero-order valence-corrected chi connectivity index (χ0v) is 18.2. The van der Waals surface area contributed by atoms with E-state index in [1.54, 1.807) is 0 Å². The summed E-state index contributed by atoms with van der Waals surface area (Å²) in [4.78, 5) is 2.40. The summed E-state index contributed by atoms with van der Waals surface area (Å²) < 4.78 is 16.8. The Morgan fingerprint density at radius 1 is 0.852 bits per heavy atom. The van der Waals surface area contributed by atoms with Crippen LogP contribution in [0, 0.1) is 0 Å². The zero-order chi connectivity index (χ0) is 19.4. The Hall–Kier alpha value is -0.330. The Kier molecular flexibility index (Phi) is 7.86. The Morgan fingerprint density at radius 2 is 1.44 bits per heavy atom. The molecular weight excluding hydrogens is 455 g/mol. The summed E-state index contributed by atoms with van der Waals surface area (Å²) in [6.07, 6.45) is 1.88. The Bertz CT molecular complexity index is 761. The first kappa shape index (κ1) is 21.4. The third kappa shape index (κ3) is 5.39. The van der Waals surface area contributed by atoms with E-state index in [4.69, 9.17) is 71.9 Å². The van der Waals surface area contributed by atoms with Gasteiger partial charge in [-0.25, -0.2) is 0 Å². The number of hydrogen-bond acceptors (Lipinski definition) is 4. The Balaban J connectivity index is 1.54. The van der Waals surface area contributed by atoms with Crippen molar-refractivity contribution in [1.29, 1.82) is 0 Å². The van der Waals surface area contributed by atoms with E-state index < -0.39 is 0 Å². The van der Waals surface area contributed by atoms with E-state index in [2.05, 4.69) is 4.90 Å². The maximum absolute atomic E-state index is 6.16. The van der Waals surface area contributed by atoms with Gasteiger partial charge < -0.3 is 13.9 Å². The highest BCUT2D eigenvalue weighted by molar-refractivity contribution is 6.55. The predicted molar refractivity (Wildman–Crippen MR) is 110 cm³/mol. The minimum atomic E-state index is 0.0984. The SMILES string of the molecule is Clc1c(Cl)c(Cl)c(OCc2ccc(CCCN3CCOCC3)o2)c(Cl)c1Cl. The minimum Gasteiger partial charge on any atom is -0.482 e. The van der Waals surface area contributed by atoms with Crippen molar-refractivity contribution in [1.82, 2.24) is 4.90 Å². The highest BCUT2D eigenvalue weighted by Crippen LogP contribution is 2.48. The van der Waals surface area contributed by atoms with E-state index in [1.807, 2.05) is 12.1 Å². The first-order valence-electron chi connectivity index (χ1n) is 8.49. The molecule has 148 valence electrons. The average Bonchev–Trinajstić information content (AvgIpc) is 3.13. The summed E-state index contributed by atoms with van der Waals surface area (Å²) in [5, 5.41) is 0.542. The van der Waals surface area contributed by atoms with Crippen molar-refractivity contribution in [3.05, 3.63) is 48.8 Å². The van der Waals surface area contributed by atoms with E-state index in [0.29, 0.717) is 5.76 Å². The lowest BCUT2D eigenvalue weighted by Crippen LogP contribution is -2.36. The molecule has 1 aliphatic rings. The van der Waals surface area contributed by atoms with Gasteiger partial charge in [-0.15, -0.1) is 0 Å². The Morgan fingerprint density at radius 3 is 2.11 bits per heavy atom. The lowest BCUT2D eigenvalue weighted by atomic mass is 10.2. The van der Waals surface area contributed by atoms with Crippen LogP contribution in [-0.4, -0.2) is 37.7 Å². The number of nitrogens with zero attached hydrogens (tertiary/aromatic N) is 1. The van der Waals surface area contributed by atoms with E-state index in [-0.39, 0.29) is 37.5 Å². The molecule has 0 unspecified atom stereocenters. The van der Waals surface area contributed by atoms with Crippen LogP contribution >= 0.6 is 58.0 Å². The van der Waals surface area contributed by atoms with Gasteiger partial charge in [-0.05, 0) is 25.1 Å². The number of hydrogen-bond donors (Lipinski definition) is 0. The average molecular weight is 474 g/mol. The van der Waals surface area contributed by atoms with E-state index in [1.165, 1.54) is 0 Å². The molecule has 0 atom stereocenters. The molecule has 4 nitrogen and oxygen atoms in total. The van der Waals surface area contributed by atoms with Crippen molar-refractivity contribution in [3.8, 4) is 5.75 Å². The lowest BCUT2D eigenvalue weighted by Gasteiger charge is -2.26. The van der Waals surface area contributed by atoms with Gasteiger partial charge in [0.2, 0.25) is 0 Å². The maximum Gasteiger partial charge on any atom is 0.160 e. The van der Waals surface area contributed by atoms with Crippen molar-refractivity contribution in [3.63, 3.8) is 0 Å². The highest BCUT2D eigenvalue weighted by Gasteiger charge is 2.21. The van der Waals surface area contributed by atoms with Gasteiger partial charge in [0.1, 0.15) is 28.2 Å². The fourth-order valence-corrected chi connectivity index (χ4v) is 4.02. The van der Waals surface area contributed by atoms with Crippen LogP contribution in [0.1, 0.15) is 17.9 Å². The molecule has 0 spiro atoms. The van der Waals surface area contributed by atoms with Crippen LogP contribution in [0.4, 0.5) is 0 Å². The molecule has 1 saturated heterocycles. The van der Waals surface area contributed by atoms with Gasteiger partial charge in [-0.2, -0.15) is 0 Å². The fourth-order valence-electron chi connectivity index (χ4n) is 2.79. The summed E-state index contributed by atoms with van der Waals surface area (Å²) in [6, 6.07) is 3.81. The largest absolute Gasteiger partial charge is 0.482 e. The van der Waals surface area contributed by atoms with Gasteiger partial charge in [0.15, 0.2) is 5.75 Å². The number of aryl methyl sites for hydroxylation is 1. The number of rotatable bonds is 7. The molecule has 2 aromatic rings. The summed E-state index contributed by atoms with van der Waals surface area (Å²) in [6.45, 7) is 4.79. The molecule has 2 heterocycles. The molecule has 3 rings (SSSR count). The molecule has 0 saturated carbocycles. The quantitative estimate of drug-likeness (QED) is 0.345. The molecule has 0 radical (unpaired) electrons. The predicted octanol–water partition coefficient (Wildman–Crippen LogP) is 6.39.